The van der Waals surface area contributed by atoms with Crippen LogP contribution in [-0.4, -0.2) is 64.2 Å². The molecule has 0 amide bonds. The summed E-state index contributed by atoms with van der Waals surface area (Å²) in [7, 11) is -3.66. The van der Waals surface area contributed by atoms with Gasteiger partial charge in [0.05, 0.1) is 18.1 Å². The van der Waals surface area contributed by atoms with Crippen molar-refractivity contribution in [2.45, 2.75) is 69.4 Å². The summed E-state index contributed by atoms with van der Waals surface area (Å²) in [5, 5.41) is 9.74. The molecule has 11 heteroatoms. The molecule has 3 fully saturated rings. The number of hydrogen-bond acceptors (Lipinski definition) is 5. The maximum absolute atomic E-state index is 13.6. The molecule has 1 N–H and O–H groups in total. The lowest BCUT2D eigenvalue weighted by Gasteiger charge is -2.29. The van der Waals surface area contributed by atoms with Gasteiger partial charge in [-0.15, -0.1) is 5.10 Å². The van der Waals surface area contributed by atoms with Gasteiger partial charge in [0.1, 0.15) is 16.3 Å². The number of rotatable bonds is 7. The smallest absolute Gasteiger partial charge is 0.243 e. The highest BCUT2D eigenvalue weighted by Gasteiger charge is 2.42. The molecule has 8 rings (SSSR count). The standard InChI is InChI=1S/C35H40ClN5O3S2/c1-22(30-20-23-8-9-25(30)19-23)37-34(45)32-31(24-10-12-27(36)13-11-24)29-7-2-3-14-40-33(38-41(32)35(29)40)26-5-4-6-28(21-26)46(42,43)39-15-17-44-18-16-39/h4-6,10-13,21-23,25,30H,2-3,7-9,14-20H2,1H3,(H,37,45)/t22-,23-,25-,30+/m0/s1. The molecule has 4 heterocycles. The van der Waals surface area contributed by atoms with Crippen LogP contribution < -0.4 is 5.32 Å². The van der Waals surface area contributed by atoms with Gasteiger partial charge in [-0.3, -0.25) is 0 Å². The van der Waals surface area contributed by atoms with Crippen LogP contribution in [-0.2, 0) is 27.7 Å². The molecule has 2 aliphatic carbocycles. The minimum atomic E-state index is -3.66. The predicted octanol–water partition coefficient (Wildman–Crippen LogP) is 6.57. The van der Waals surface area contributed by atoms with Crippen LogP contribution in [0.1, 0.15) is 56.7 Å². The van der Waals surface area contributed by atoms with E-state index in [-0.39, 0.29) is 10.9 Å². The summed E-state index contributed by atoms with van der Waals surface area (Å²) < 4.78 is 38.4. The van der Waals surface area contributed by atoms with Crippen LogP contribution in [0.15, 0.2) is 53.4 Å². The average Bonchev–Trinajstić information content (AvgIpc) is 3.82. The zero-order valence-electron chi connectivity index (χ0n) is 26.1. The highest BCUT2D eigenvalue weighted by Crippen LogP contribution is 2.49. The van der Waals surface area contributed by atoms with Crippen molar-refractivity contribution in [2.24, 2.45) is 17.8 Å². The lowest BCUT2D eigenvalue weighted by molar-refractivity contribution is 0.0730. The monoisotopic (exact) mass is 677 g/mol. The Morgan fingerprint density at radius 3 is 2.59 bits per heavy atom. The number of fused-ring (bicyclic) bond motifs is 2. The molecule has 0 spiro atoms. The summed E-state index contributed by atoms with van der Waals surface area (Å²) in [6.07, 6.45) is 8.28. The summed E-state index contributed by atoms with van der Waals surface area (Å²) in [5.74, 6) is 3.04. The molecule has 0 unspecified atom stereocenters. The SMILES string of the molecule is C[C@H](NC(=S)c1c(-c2ccc(Cl)cc2)c2c3n(c(-c4cccc(S(=O)(=O)N5CCOCC5)c4)nn13)CCCC2)[C@H]1C[C@H]2CC[C@H]1C2. The van der Waals surface area contributed by atoms with Crippen LogP contribution >= 0.6 is 23.8 Å². The molecule has 0 radical (unpaired) electrons. The maximum Gasteiger partial charge on any atom is 0.243 e. The van der Waals surface area contributed by atoms with Crippen LogP contribution in [0.5, 0.6) is 0 Å². The van der Waals surface area contributed by atoms with Gasteiger partial charge in [0.2, 0.25) is 10.0 Å². The zero-order chi connectivity index (χ0) is 31.6. The number of morpholine rings is 1. The van der Waals surface area contributed by atoms with Gasteiger partial charge >= 0.3 is 0 Å². The number of nitrogens with one attached hydrogen (secondary N) is 1. The van der Waals surface area contributed by atoms with E-state index in [1.165, 1.54) is 35.6 Å². The maximum atomic E-state index is 13.6. The first-order chi connectivity index (χ1) is 22.3. The van der Waals surface area contributed by atoms with E-state index in [4.69, 9.17) is 33.7 Å². The second-order valence-corrected chi connectivity index (χ2v) is 16.3. The Bertz CT molecular complexity index is 1910. The van der Waals surface area contributed by atoms with E-state index in [0.29, 0.717) is 42.2 Å². The van der Waals surface area contributed by atoms with E-state index in [1.807, 2.05) is 28.8 Å². The van der Waals surface area contributed by atoms with E-state index in [1.54, 1.807) is 12.1 Å². The molecular formula is C35H40ClN5O3S2. The normalized spacial score (nSPS) is 23.9. The molecule has 2 aliphatic heterocycles. The molecule has 4 aliphatic rings. The topological polar surface area (TPSA) is 80.9 Å². The average molecular weight is 678 g/mol. The first kappa shape index (κ1) is 30.6. The van der Waals surface area contributed by atoms with Gasteiger partial charge in [0.25, 0.3) is 0 Å². The van der Waals surface area contributed by atoms with Crippen molar-refractivity contribution in [3.05, 3.63) is 64.8 Å². The van der Waals surface area contributed by atoms with Crippen LogP contribution in [0.25, 0.3) is 28.2 Å². The number of hydrogen-bond donors (Lipinski definition) is 1. The first-order valence-electron chi connectivity index (χ1n) is 16.7. The number of halogens is 1. The highest BCUT2D eigenvalue weighted by atomic mass is 35.5. The molecule has 8 nitrogen and oxygen atoms in total. The van der Waals surface area contributed by atoms with Crippen molar-refractivity contribution in [1.82, 2.24) is 23.8 Å². The van der Waals surface area contributed by atoms with E-state index >= 15 is 0 Å². The molecule has 2 bridgehead atoms. The molecule has 4 atom stereocenters. The fourth-order valence-corrected chi connectivity index (χ4v) is 10.6. The van der Waals surface area contributed by atoms with E-state index in [9.17, 15) is 8.42 Å². The Morgan fingerprint density at radius 2 is 1.85 bits per heavy atom. The number of aromatic nitrogens is 3. The molecular weight excluding hydrogens is 638 g/mol. The number of ether oxygens (including phenoxy) is 1. The highest BCUT2D eigenvalue weighted by molar-refractivity contribution is 7.89. The van der Waals surface area contributed by atoms with Crippen molar-refractivity contribution in [3.63, 3.8) is 0 Å². The molecule has 2 aromatic heterocycles. The van der Waals surface area contributed by atoms with Crippen molar-refractivity contribution >= 4 is 44.5 Å². The third kappa shape index (κ3) is 5.21. The van der Waals surface area contributed by atoms with E-state index in [2.05, 4.69) is 28.9 Å². The third-order valence-corrected chi connectivity index (χ3v) is 13.3. The Balaban J connectivity index is 1.25. The largest absolute Gasteiger partial charge is 0.379 e. The predicted molar refractivity (Wildman–Crippen MR) is 185 cm³/mol. The second kappa shape index (κ2) is 12.0. The van der Waals surface area contributed by atoms with Crippen LogP contribution in [0, 0.1) is 17.8 Å². The lowest BCUT2D eigenvalue weighted by Crippen LogP contribution is -2.40. The molecule has 1 saturated heterocycles. The number of aryl methyl sites for hydroxylation is 2. The Labute approximate surface area is 281 Å². The quantitative estimate of drug-likeness (QED) is 0.223. The van der Waals surface area contributed by atoms with Gasteiger partial charge < -0.3 is 14.6 Å². The summed E-state index contributed by atoms with van der Waals surface area (Å²) in [5.41, 5.74) is 6.12. The van der Waals surface area contributed by atoms with Gasteiger partial charge in [-0.05, 0) is 93.0 Å². The van der Waals surface area contributed by atoms with Crippen molar-refractivity contribution in [2.75, 3.05) is 26.3 Å². The lowest BCUT2D eigenvalue weighted by atomic mass is 9.84. The summed E-state index contributed by atoms with van der Waals surface area (Å²) in [4.78, 5) is 0.988. The van der Waals surface area contributed by atoms with Crippen LogP contribution in [0.4, 0.5) is 0 Å². The number of sulfonamides is 1. The summed E-state index contributed by atoms with van der Waals surface area (Å²) in [6, 6.07) is 15.5. The van der Waals surface area contributed by atoms with Crippen molar-refractivity contribution < 1.29 is 13.2 Å². The summed E-state index contributed by atoms with van der Waals surface area (Å²) >= 11 is 12.6. The Kier molecular flexibility index (Phi) is 8.00. The Hall–Kier alpha value is -2.76. The van der Waals surface area contributed by atoms with E-state index in [0.717, 1.165) is 71.5 Å². The minimum absolute atomic E-state index is 0.270. The van der Waals surface area contributed by atoms with Crippen molar-refractivity contribution in [1.29, 1.82) is 0 Å². The number of thiocarbonyl (C=S) groups is 1. The van der Waals surface area contributed by atoms with Crippen molar-refractivity contribution in [3.8, 4) is 22.5 Å². The summed E-state index contributed by atoms with van der Waals surface area (Å²) in [6.45, 7) is 4.61. The minimum Gasteiger partial charge on any atom is -0.379 e. The van der Waals surface area contributed by atoms with Gasteiger partial charge in [-0.1, -0.05) is 54.5 Å². The molecule has 4 aromatic rings. The molecule has 2 saturated carbocycles. The van der Waals surface area contributed by atoms with Gasteiger partial charge in [-0.25, -0.2) is 12.9 Å². The van der Waals surface area contributed by atoms with Crippen LogP contribution in [0.3, 0.4) is 0 Å². The van der Waals surface area contributed by atoms with Gasteiger partial charge in [-0.2, -0.15) is 4.31 Å². The molecule has 242 valence electrons. The second-order valence-electron chi connectivity index (χ2n) is 13.5. The third-order valence-electron chi connectivity index (χ3n) is 10.8. The number of benzene rings is 2. The van der Waals surface area contributed by atoms with Gasteiger partial charge in [0, 0.05) is 47.4 Å². The fourth-order valence-electron chi connectivity index (χ4n) is 8.61. The first-order valence-corrected chi connectivity index (χ1v) is 18.9. The molecule has 46 heavy (non-hydrogen) atoms. The zero-order valence-corrected chi connectivity index (χ0v) is 28.5. The molecule has 2 aromatic carbocycles. The van der Waals surface area contributed by atoms with E-state index < -0.39 is 10.0 Å². The van der Waals surface area contributed by atoms with Gasteiger partial charge in [0.15, 0.2) is 5.82 Å². The fraction of sp³-hybridized carbons (Fsp3) is 0.486. The van der Waals surface area contributed by atoms with Crippen LogP contribution in [0.2, 0.25) is 5.02 Å². The number of nitrogens with zero attached hydrogens (tertiary/aromatic N) is 4. The Morgan fingerprint density at radius 1 is 1.04 bits per heavy atom.